The fraction of sp³-hybridized carbons (Fsp3) is 0.480. The number of fused-ring (bicyclic) bond motifs is 2. The maximum absolute atomic E-state index is 5.60. The van der Waals surface area contributed by atoms with E-state index in [1.807, 2.05) is 18.5 Å². The van der Waals surface area contributed by atoms with E-state index in [4.69, 9.17) is 14.5 Å². The van der Waals surface area contributed by atoms with Gasteiger partial charge in [0, 0.05) is 28.8 Å². The molecular formula is C25H30N6O2. The Bertz CT molecular complexity index is 1300. The van der Waals surface area contributed by atoms with Gasteiger partial charge in [0.2, 0.25) is 0 Å². The van der Waals surface area contributed by atoms with Gasteiger partial charge in [-0.2, -0.15) is 5.10 Å². The first-order valence-electron chi connectivity index (χ1n) is 11.8. The first-order valence-corrected chi connectivity index (χ1v) is 11.8. The quantitative estimate of drug-likeness (QED) is 0.499. The lowest BCUT2D eigenvalue weighted by atomic mass is 9.90. The first kappa shape index (κ1) is 20.6. The van der Waals surface area contributed by atoms with Crippen LogP contribution in [0, 0.1) is 0 Å². The number of methoxy groups -OCH3 is 1. The van der Waals surface area contributed by atoms with Crippen molar-refractivity contribution in [1.29, 1.82) is 0 Å². The van der Waals surface area contributed by atoms with Crippen LogP contribution in [-0.2, 0) is 4.74 Å². The SMILES string of the molecule is COc1cc(-c2[nH]c3cnc(C4CCN(C5COC5)CC4)cc3c2C(C)C)cn2ncnc12. The molecule has 0 amide bonds. The highest BCUT2D eigenvalue weighted by atomic mass is 16.5. The molecule has 0 radical (unpaired) electrons. The van der Waals surface area contributed by atoms with Gasteiger partial charge in [-0.3, -0.25) is 9.88 Å². The number of piperidine rings is 1. The van der Waals surface area contributed by atoms with Gasteiger partial charge in [0.25, 0.3) is 0 Å². The van der Waals surface area contributed by atoms with Crippen molar-refractivity contribution in [3.8, 4) is 17.0 Å². The number of ether oxygens (including phenoxy) is 2. The van der Waals surface area contributed by atoms with Gasteiger partial charge < -0.3 is 14.5 Å². The van der Waals surface area contributed by atoms with Crippen LogP contribution in [0.25, 0.3) is 27.8 Å². The molecule has 0 atom stereocenters. The normalized spacial score (nSPS) is 18.4. The van der Waals surface area contributed by atoms with Crippen LogP contribution >= 0.6 is 0 Å². The fourth-order valence-electron chi connectivity index (χ4n) is 5.36. The molecule has 6 heterocycles. The highest BCUT2D eigenvalue weighted by Crippen LogP contribution is 2.38. The largest absolute Gasteiger partial charge is 0.493 e. The summed E-state index contributed by atoms with van der Waals surface area (Å²) in [6.45, 7) is 8.54. The molecule has 2 saturated heterocycles. The van der Waals surface area contributed by atoms with Crippen LogP contribution in [0.15, 0.2) is 30.9 Å². The van der Waals surface area contributed by atoms with Crippen LogP contribution in [0.2, 0.25) is 0 Å². The summed E-state index contributed by atoms with van der Waals surface area (Å²) in [5.41, 5.74) is 6.42. The summed E-state index contributed by atoms with van der Waals surface area (Å²) in [6, 6.07) is 4.98. The van der Waals surface area contributed by atoms with Gasteiger partial charge in [0.05, 0.1) is 43.8 Å². The zero-order chi connectivity index (χ0) is 22.5. The molecule has 33 heavy (non-hydrogen) atoms. The topological polar surface area (TPSA) is 80.6 Å². The average Bonchev–Trinajstić information content (AvgIpc) is 3.41. The Morgan fingerprint density at radius 1 is 1.15 bits per heavy atom. The lowest BCUT2D eigenvalue weighted by Crippen LogP contribution is -2.51. The Morgan fingerprint density at radius 3 is 2.67 bits per heavy atom. The highest BCUT2D eigenvalue weighted by molar-refractivity contribution is 5.91. The molecule has 0 aliphatic carbocycles. The van der Waals surface area contributed by atoms with Crippen LogP contribution in [0.1, 0.15) is 49.8 Å². The van der Waals surface area contributed by atoms with Crippen molar-refractivity contribution in [3.05, 3.63) is 42.1 Å². The Balaban J connectivity index is 1.38. The molecule has 4 aromatic heterocycles. The van der Waals surface area contributed by atoms with E-state index in [1.165, 1.54) is 16.6 Å². The molecule has 4 aromatic rings. The monoisotopic (exact) mass is 446 g/mol. The van der Waals surface area contributed by atoms with Crippen molar-refractivity contribution in [2.45, 2.75) is 44.6 Å². The number of pyridine rings is 2. The first-order chi connectivity index (χ1) is 16.1. The number of nitrogens with zero attached hydrogens (tertiary/aromatic N) is 5. The van der Waals surface area contributed by atoms with E-state index in [9.17, 15) is 0 Å². The molecule has 8 heteroatoms. The molecule has 2 aliphatic rings. The summed E-state index contributed by atoms with van der Waals surface area (Å²) in [7, 11) is 1.67. The molecule has 2 fully saturated rings. The number of nitrogens with one attached hydrogen (secondary N) is 1. The minimum absolute atomic E-state index is 0.349. The van der Waals surface area contributed by atoms with E-state index >= 15 is 0 Å². The predicted molar refractivity (Wildman–Crippen MR) is 127 cm³/mol. The Labute approximate surface area is 192 Å². The van der Waals surface area contributed by atoms with Crippen molar-refractivity contribution in [2.24, 2.45) is 0 Å². The summed E-state index contributed by atoms with van der Waals surface area (Å²) >= 11 is 0. The second-order valence-electron chi connectivity index (χ2n) is 9.55. The lowest BCUT2D eigenvalue weighted by Gasteiger charge is -2.41. The van der Waals surface area contributed by atoms with Crippen LogP contribution in [0.3, 0.4) is 0 Å². The molecule has 172 valence electrons. The minimum Gasteiger partial charge on any atom is -0.493 e. The summed E-state index contributed by atoms with van der Waals surface area (Å²) in [4.78, 5) is 15.4. The molecule has 0 aromatic carbocycles. The van der Waals surface area contributed by atoms with Gasteiger partial charge >= 0.3 is 0 Å². The lowest BCUT2D eigenvalue weighted by molar-refractivity contribution is -0.0713. The Hall–Kier alpha value is -2.97. The maximum atomic E-state index is 5.60. The minimum atomic E-state index is 0.349. The fourth-order valence-corrected chi connectivity index (χ4v) is 5.36. The number of aromatic nitrogens is 5. The van der Waals surface area contributed by atoms with E-state index in [0.29, 0.717) is 29.3 Å². The average molecular weight is 447 g/mol. The van der Waals surface area contributed by atoms with Crippen LogP contribution < -0.4 is 4.74 Å². The molecular weight excluding hydrogens is 416 g/mol. The third-order valence-corrected chi connectivity index (χ3v) is 7.26. The zero-order valence-electron chi connectivity index (χ0n) is 19.4. The molecule has 2 aliphatic heterocycles. The van der Waals surface area contributed by atoms with Gasteiger partial charge in [0.15, 0.2) is 11.4 Å². The number of H-pyrrole nitrogens is 1. The summed E-state index contributed by atoms with van der Waals surface area (Å²) < 4.78 is 12.8. The summed E-state index contributed by atoms with van der Waals surface area (Å²) in [6.07, 6.45) is 7.88. The van der Waals surface area contributed by atoms with E-state index in [0.717, 1.165) is 55.9 Å². The van der Waals surface area contributed by atoms with E-state index in [-0.39, 0.29) is 0 Å². The standard InChI is InChI=1S/C25H30N6O2/c1-15(2)23-19-9-20(16-4-6-30(7-5-16)18-12-33-13-18)26-10-21(19)29-24(23)17-8-22(32-3)25-27-14-28-31(25)11-17/h8-11,14-16,18,29H,4-7,12-13H2,1-3H3. The molecule has 8 nitrogen and oxygen atoms in total. The number of hydrogen-bond acceptors (Lipinski definition) is 6. The number of rotatable bonds is 5. The zero-order valence-corrected chi connectivity index (χ0v) is 19.4. The van der Waals surface area contributed by atoms with E-state index in [2.05, 4.69) is 39.9 Å². The second kappa shape index (κ2) is 8.11. The van der Waals surface area contributed by atoms with Gasteiger partial charge in [-0.15, -0.1) is 0 Å². The van der Waals surface area contributed by atoms with Crippen molar-refractivity contribution < 1.29 is 9.47 Å². The van der Waals surface area contributed by atoms with Crippen molar-refractivity contribution in [2.75, 3.05) is 33.4 Å². The Kier molecular flexibility index (Phi) is 5.07. The molecule has 0 spiro atoms. The van der Waals surface area contributed by atoms with Gasteiger partial charge in [-0.1, -0.05) is 13.8 Å². The third-order valence-electron chi connectivity index (χ3n) is 7.26. The second-order valence-corrected chi connectivity index (χ2v) is 9.55. The molecule has 0 bridgehead atoms. The van der Waals surface area contributed by atoms with E-state index in [1.54, 1.807) is 18.0 Å². The van der Waals surface area contributed by atoms with Gasteiger partial charge in [0.1, 0.15) is 6.33 Å². The maximum Gasteiger partial charge on any atom is 0.197 e. The summed E-state index contributed by atoms with van der Waals surface area (Å²) in [5.74, 6) is 1.57. The molecule has 6 rings (SSSR count). The highest BCUT2D eigenvalue weighted by Gasteiger charge is 2.31. The number of aromatic amines is 1. The smallest absolute Gasteiger partial charge is 0.197 e. The van der Waals surface area contributed by atoms with Crippen LogP contribution in [0.5, 0.6) is 5.75 Å². The van der Waals surface area contributed by atoms with Crippen molar-refractivity contribution in [1.82, 2.24) is 29.5 Å². The van der Waals surface area contributed by atoms with Crippen molar-refractivity contribution >= 4 is 16.6 Å². The van der Waals surface area contributed by atoms with Crippen LogP contribution in [-0.4, -0.2) is 68.9 Å². The Morgan fingerprint density at radius 2 is 1.97 bits per heavy atom. The third kappa shape index (κ3) is 3.48. The predicted octanol–water partition coefficient (Wildman–Crippen LogP) is 3.98. The van der Waals surface area contributed by atoms with Gasteiger partial charge in [-0.05, 0) is 49.5 Å². The molecule has 0 saturated carbocycles. The van der Waals surface area contributed by atoms with E-state index < -0.39 is 0 Å². The number of likely N-dealkylation sites (tertiary alicyclic amines) is 1. The van der Waals surface area contributed by atoms with Crippen molar-refractivity contribution in [3.63, 3.8) is 0 Å². The van der Waals surface area contributed by atoms with Crippen LogP contribution in [0.4, 0.5) is 0 Å². The molecule has 0 unspecified atom stereocenters. The van der Waals surface area contributed by atoms with Gasteiger partial charge in [-0.25, -0.2) is 9.50 Å². The number of hydrogen-bond donors (Lipinski definition) is 1. The summed E-state index contributed by atoms with van der Waals surface area (Å²) in [5, 5.41) is 5.60. The molecule has 1 N–H and O–H groups in total.